The Morgan fingerprint density at radius 3 is 2.73 bits per heavy atom. The van der Waals surface area contributed by atoms with Crippen LogP contribution >= 0.6 is 0 Å². The van der Waals surface area contributed by atoms with Gasteiger partial charge in [0.2, 0.25) is 6.10 Å². The van der Waals surface area contributed by atoms with Gasteiger partial charge >= 0.3 is 0 Å². The summed E-state index contributed by atoms with van der Waals surface area (Å²) in [6, 6.07) is 13.9. The van der Waals surface area contributed by atoms with E-state index in [9.17, 15) is 4.79 Å². The molecule has 0 bridgehead atoms. The highest BCUT2D eigenvalue weighted by molar-refractivity contribution is 5.94. The number of amides is 1. The van der Waals surface area contributed by atoms with Gasteiger partial charge in [0.05, 0.1) is 32.1 Å². The molecule has 0 fully saturated rings. The summed E-state index contributed by atoms with van der Waals surface area (Å²) in [4.78, 5) is 17.3. The lowest BCUT2D eigenvalue weighted by atomic mass is 10.2. The van der Waals surface area contributed by atoms with Crippen LogP contribution < -0.4 is 14.8 Å². The summed E-state index contributed by atoms with van der Waals surface area (Å²) < 4.78 is 10.4. The van der Waals surface area contributed by atoms with E-state index < -0.39 is 6.10 Å². The quantitative estimate of drug-likeness (QED) is 0.610. The molecule has 26 heavy (non-hydrogen) atoms. The van der Waals surface area contributed by atoms with Crippen molar-refractivity contribution in [3.8, 4) is 17.6 Å². The number of anilines is 1. The normalized spacial score (nSPS) is 11.5. The third kappa shape index (κ3) is 4.98. The standard InChI is InChI=1S/C19H19N3O4/c1-13(19(23)22-16-6-4-5-14(9-16)11-20)26-21-12-15-10-17(24-2)7-8-18(15)25-3/h4-10,12-13H,1-3H3,(H,22,23)/b21-12-/t13-/m1/s1. The van der Waals surface area contributed by atoms with Crippen LogP contribution in [0, 0.1) is 11.3 Å². The molecule has 7 nitrogen and oxygen atoms in total. The van der Waals surface area contributed by atoms with E-state index in [-0.39, 0.29) is 5.91 Å². The number of nitriles is 1. The molecule has 1 N–H and O–H groups in total. The van der Waals surface area contributed by atoms with Crippen molar-refractivity contribution in [2.75, 3.05) is 19.5 Å². The monoisotopic (exact) mass is 353 g/mol. The topological polar surface area (TPSA) is 92.9 Å². The largest absolute Gasteiger partial charge is 0.497 e. The van der Waals surface area contributed by atoms with E-state index in [1.807, 2.05) is 6.07 Å². The summed E-state index contributed by atoms with van der Waals surface area (Å²) in [5.41, 5.74) is 1.63. The molecule has 0 heterocycles. The summed E-state index contributed by atoms with van der Waals surface area (Å²) >= 11 is 0. The van der Waals surface area contributed by atoms with Crippen LogP contribution in [0.15, 0.2) is 47.6 Å². The number of rotatable bonds is 7. The van der Waals surface area contributed by atoms with Gasteiger partial charge in [0.15, 0.2) is 0 Å². The minimum atomic E-state index is -0.825. The molecular weight excluding hydrogens is 334 g/mol. The number of oxime groups is 1. The number of methoxy groups -OCH3 is 2. The fourth-order valence-corrected chi connectivity index (χ4v) is 2.08. The summed E-state index contributed by atoms with van der Waals surface area (Å²) in [5.74, 6) is 0.869. The van der Waals surface area contributed by atoms with Crippen LogP contribution in [0.5, 0.6) is 11.5 Å². The number of nitrogens with zero attached hydrogens (tertiary/aromatic N) is 2. The van der Waals surface area contributed by atoms with Crippen molar-refractivity contribution in [2.24, 2.45) is 5.16 Å². The molecular formula is C19H19N3O4. The van der Waals surface area contributed by atoms with Crippen LogP contribution in [0.1, 0.15) is 18.1 Å². The van der Waals surface area contributed by atoms with E-state index in [1.165, 1.54) is 6.21 Å². The van der Waals surface area contributed by atoms with Gasteiger partial charge < -0.3 is 19.6 Å². The van der Waals surface area contributed by atoms with Crippen LogP contribution in [0.25, 0.3) is 0 Å². The highest BCUT2D eigenvalue weighted by Crippen LogP contribution is 2.22. The number of nitrogens with one attached hydrogen (secondary N) is 1. The molecule has 1 amide bonds. The molecule has 0 unspecified atom stereocenters. The Morgan fingerprint density at radius 2 is 2.04 bits per heavy atom. The maximum absolute atomic E-state index is 12.1. The average Bonchev–Trinajstić information content (AvgIpc) is 2.67. The minimum Gasteiger partial charge on any atom is -0.497 e. The lowest BCUT2D eigenvalue weighted by molar-refractivity contribution is -0.126. The Morgan fingerprint density at radius 1 is 1.23 bits per heavy atom. The molecule has 0 spiro atoms. The van der Waals surface area contributed by atoms with Gasteiger partial charge in [-0.1, -0.05) is 11.2 Å². The van der Waals surface area contributed by atoms with Crippen molar-refractivity contribution in [2.45, 2.75) is 13.0 Å². The van der Waals surface area contributed by atoms with Gasteiger partial charge in [-0.25, -0.2) is 0 Å². The summed E-state index contributed by atoms with van der Waals surface area (Å²) in [7, 11) is 3.11. The molecule has 0 aromatic heterocycles. The zero-order chi connectivity index (χ0) is 18.9. The van der Waals surface area contributed by atoms with Gasteiger partial charge in [-0.3, -0.25) is 4.79 Å². The predicted molar refractivity (Wildman–Crippen MR) is 97.5 cm³/mol. The predicted octanol–water partition coefficient (Wildman–Crippen LogP) is 2.95. The maximum atomic E-state index is 12.1. The second-order valence-corrected chi connectivity index (χ2v) is 5.27. The molecule has 2 aromatic carbocycles. The zero-order valence-corrected chi connectivity index (χ0v) is 14.7. The third-order valence-corrected chi connectivity index (χ3v) is 3.48. The van der Waals surface area contributed by atoms with Crippen molar-refractivity contribution in [3.63, 3.8) is 0 Å². The molecule has 0 saturated heterocycles. The van der Waals surface area contributed by atoms with Crippen molar-refractivity contribution in [1.29, 1.82) is 5.26 Å². The van der Waals surface area contributed by atoms with Crippen LogP contribution in [-0.4, -0.2) is 32.4 Å². The molecule has 134 valence electrons. The first-order chi connectivity index (χ1) is 12.6. The Kier molecular flexibility index (Phi) is 6.57. The fourth-order valence-electron chi connectivity index (χ4n) is 2.08. The van der Waals surface area contributed by atoms with E-state index in [4.69, 9.17) is 19.6 Å². The zero-order valence-electron chi connectivity index (χ0n) is 14.7. The molecule has 2 rings (SSSR count). The lowest BCUT2D eigenvalue weighted by Crippen LogP contribution is -2.26. The maximum Gasteiger partial charge on any atom is 0.267 e. The number of carbonyl (C=O) groups is 1. The van der Waals surface area contributed by atoms with Crippen molar-refractivity contribution in [3.05, 3.63) is 53.6 Å². The highest BCUT2D eigenvalue weighted by Gasteiger charge is 2.14. The Hall–Kier alpha value is -3.53. The first-order valence-corrected chi connectivity index (χ1v) is 7.79. The van der Waals surface area contributed by atoms with Crippen molar-refractivity contribution in [1.82, 2.24) is 0 Å². The van der Waals surface area contributed by atoms with E-state index in [0.717, 1.165) is 0 Å². The molecule has 0 aliphatic heterocycles. The van der Waals surface area contributed by atoms with E-state index in [0.29, 0.717) is 28.3 Å². The smallest absolute Gasteiger partial charge is 0.267 e. The number of benzene rings is 2. The van der Waals surface area contributed by atoms with Gasteiger partial charge in [-0.05, 0) is 43.3 Å². The molecule has 0 aliphatic rings. The van der Waals surface area contributed by atoms with E-state index in [2.05, 4.69) is 10.5 Å². The number of hydrogen-bond donors (Lipinski definition) is 1. The first kappa shape index (κ1) is 18.8. The van der Waals surface area contributed by atoms with Gasteiger partial charge in [-0.15, -0.1) is 0 Å². The summed E-state index contributed by atoms with van der Waals surface area (Å²) in [6.45, 7) is 1.57. The SMILES string of the molecule is COc1ccc(OC)c(/C=N\O[C@H](C)C(=O)Nc2cccc(C#N)c2)c1. The van der Waals surface area contributed by atoms with Crippen LogP contribution in [0.2, 0.25) is 0 Å². The molecule has 2 aromatic rings. The third-order valence-electron chi connectivity index (χ3n) is 3.48. The Labute approximate surface area is 151 Å². The Bertz CT molecular complexity index is 843. The van der Waals surface area contributed by atoms with Gasteiger partial charge in [0.25, 0.3) is 5.91 Å². The van der Waals surface area contributed by atoms with Crippen LogP contribution in [-0.2, 0) is 9.63 Å². The second-order valence-electron chi connectivity index (χ2n) is 5.27. The molecule has 7 heteroatoms. The molecule has 0 aliphatic carbocycles. The average molecular weight is 353 g/mol. The first-order valence-electron chi connectivity index (χ1n) is 7.79. The van der Waals surface area contributed by atoms with E-state index >= 15 is 0 Å². The van der Waals surface area contributed by atoms with Crippen LogP contribution in [0.4, 0.5) is 5.69 Å². The second kappa shape index (κ2) is 9.08. The Balaban J connectivity index is 1.99. The van der Waals surface area contributed by atoms with Crippen LogP contribution in [0.3, 0.4) is 0 Å². The minimum absolute atomic E-state index is 0.380. The molecule has 1 atom stereocenters. The van der Waals surface area contributed by atoms with Gasteiger partial charge in [0.1, 0.15) is 11.5 Å². The van der Waals surface area contributed by atoms with Gasteiger partial charge in [0, 0.05) is 11.3 Å². The van der Waals surface area contributed by atoms with Gasteiger partial charge in [-0.2, -0.15) is 5.26 Å². The van der Waals surface area contributed by atoms with Crippen molar-refractivity contribution >= 4 is 17.8 Å². The van der Waals surface area contributed by atoms with E-state index in [1.54, 1.807) is 63.6 Å². The highest BCUT2D eigenvalue weighted by atomic mass is 16.6. The molecule has 0 radical (unpaired) electrons. The lowest BCUT2D eigenvalue weighted by Gasteiger charge is -2.11. The van der Waals surface area contributed by atoms with Crippen molar-refractivity contribution < 1.29 is 19.1 Å². The fraction of sp³-hybridized carbons (Fsp3) is 0.211. The summed E-state index contributed by atoms with van der Waals surface area (Å²) in [5, 5.41) is 15.4. The molecule has 0 saturated carbocycles. The number of hydrogen-bond acceptors (Lipinski definition) is 6. The number of ether oxygens (including phenoxy) is 2. The summed E-state index contributed by atoms with van der Waals surface area (Å²) in [6.07, 6.45) is 0.620. The number of carbonyl (C=O) groups excluding carboxylic acids is 1.